The molecule has 0 radical (unpaired) electrons. The van der Waals surface area contributed by atoms with Gasteiger partial charge in [0.2, 0.25) is 0 Å². The second-order valence-corrected chi connectivity index (χ2v) is 6.57. The van der Waals surface area contributed by atoms with E-state index < -0.39 is 12.1 Å². The van der Waals surface area contributed by atoms with Crippen LogP contribution in [-0.2, 0) is 21.0 Å². The van der Waals surface area contributed by atoms with Crippen LogP contribution in [0.4, 0.5) is 4.79 Å². The molecule has 1 aromatic carbocycles. The average molecular weight is 379 g/mol. The Hall–Kier alpha value is -2.23. The maximum Gasteiger partial charge on any atom is 0.408 e. The van der Waals surface area contributed by atoms with Gasteiger partial charge in [-0.3, -0.25) is 19.4 Å². The van der Waals surface area contributed by atoms with Crippen molar-refractivity contribution >= 4 is 29.4 Å². The van der Waals surface area contributed by atoms with Gasteiger partial charge in [0.05, 0.1) is 19.2 Å². The fourth-order valence-electron chi connectivity index (χ4n) is 3.13. The zero-order valence-electron chi connectivity index (χ0n) is 14.2. The molecular formula is C17H21N3O5S. The molecule has 3 rings (SSSR count). The minimum absolute atomic E-state index is 0.117. The van der Waals surface area contributed by atoms with Gasteiger partial charge in [-0.2, -0.15) is 5.48 Å². The lowest BCUT2D eigenvalue weighted by atomic mass is 9.98. The molecule has 0 unspecified atom stereocenters. The highest BCUT2D eigenvalue weighted by molar-refractivity contribution is 7.80. The fourth-order valence-corrected chi connectivity index (χ4v) is 3.39. The highest BCUT2D eigenvalue weighted by atomic mass is 32.1. The number of thiocarbonyl (C=S) groups is 1. The van der Waals surface area contributed by atoms with Crippen LogP contribution < -0.4 is 5.48 Å². The molecule has 1 aromatic rings. The Bertz CT molecular complexity index is 672. The average Bonchev–Trinajstić information content (AvgIpc) is 3.08. The van der Waals surface area contributed by atoms with Crippen molar-refractivity contribution in [1.29, 1.82) is 0 Å². The number of carbonyl (C=O) groups excluding carboxylic acids is 1. The first-order chi connectivity index (χ1) is 12.6. The SMILES string of the molecule is O=C([C@@H]1CC[C@@H](NOCc2ccccc2)CN1C(=O)O)N1CCOC1=S. The van der Waals surface area contributed by atoms with Crippen molar-refractivity contribution in [3.05, 3.63) is 35.9 Å². The molecule has 0 bridgehead atoms. The molecule has 26 heavy (non-hydrogen) atoms. The molecule has 9 heteroatoms. The van der Waals surface area contributed by atoms with Crippen molar-refractivity contribution in [3.63, 3.8) is 0 Å². The maximum absolute atomic E-state index is 12.6. The van der Waals surface area contributed by atoms with Crippen molar-refractivity contribution in [2.45, 2.75) is 31.5 Å². The Labute approximate surface area is 156 Å². The van der Waals surface area contributed by atoms with Gasteiger partial charge in [0.15, 0.2) is 0 Å². The third kappa shape index (κ3) is 4.29. The first kappa shape index (κ1) is 18.6. The third-order valence-corrected chi connectivity index (χ3v) is 4.81. The van der Waals surface area contributed by atoms with Gasteiger partial charge in [0, 0.05) is 6.54 Å². The molecule has 2 N–H and O–H groups in total. The molecule has 2 aliphatic rings. The topological polar surface area (TPSA) is 91.3 Å². The first-order valence-corrected chi connectivity index (χ1v) is 8.86. The third-order valence-electron chi connectivity index (χ3n) is 4.47. The van der Waals surface area contributed by atoms with Crippen LogP contribution in [0.5, 0.6) is 0 Å². The van der Waals surface area contributed by atoms with E-state index in [-0.39, 0.29) is 23.7 Å². The van der Waals surface area contributed by atoms with E-state index in [1.54, 1.807) is 0 Å². The van der Waals surface area contributed by atoms with E-state index in [4.69, 9.17) is 21.8 Å². The summed E-state index contributed by atoms with van der Waals surface area (Å²) in [5, 5.41) is 9.63. The van der Waals surface area contributed by atoms with Crippen LogP contribution in [0.15, 0.2) is 30.3 Å². The molecule has 2 fully saturated rings. The summed E-state index contributed by atoms with van der Waals surface area (Å²) in [6.45, 7) is 1.26. The van der Waals surface area contributed by atoms with Crippen molar-refractivity contribution < 1.29 is 24.3 Å². The summed E-state index contributed by atoms with van der Waals surface area (Å²) < 4.78 is 5.13. The van der Waals surface area contributed by atoms with E-state index >= 15 is 0 Å². The number of nitrogens with zero attached hydrogens (tertiary/aromatic N) is 2. The van der Waals surface area contributed by atoms with Gasteiger partial charge < -0.3 is 9.84 Å². The molecule has 2 heterocycles. The number of hydrogen-bond acceptors (Lipinski definition) is 6. The largest absolute Gasteiger partial charge is 0.469 e. The minimum atomic E-state index is -1.14. The summed E-state index contributed by atoms with van der Waals surface area (Å²) >= 11 is 5.00. The molecule has 0 spiro atoms. The number of hydroxylamine groups is 1. The number of amides is 2. The van der Waals surface area contributed by atoms with E-state index in [1.807, 2.05) is 30.3 Å². The van der Waals surface area contributed by atoms with E-state index in [9.17, 15) is 14.7 Å². The van der Waals surface area contributed by atoms with Crippen molar-refractivity contribution in [2.75, 3.05) is 19.7 Å². The minimum Gasteiger partial charge on any atom is -0.469 e. The van der Waals surface area contributed by atoms with Crippen LogP contribution in [-0.4, -0.2) is 63.9 Å². The number of ether oxygens (including phenoxy) is 1. The second-order valence-electron chi connectivity index (χ2n) is 6.22. The van der Waals surface area contributed by atoms with Crippen LogP contribution in [0.1, 0.15) is 18.4 Å². The lowest BCUT2D eigenvalue weighted by molar-refractivity contribution is -0.134. The molecule has 0 aliphatic carbocycles. The van der Waals surface area contributed by atoms with E-state index in [0.29, 0.717) is 32.6 Å². The van der Waals surface area contributed by atoms with Gasteiger partial charge in [-0.15, -0.1) is 0 Å². The monoisotopic (exact) mass is 379 g/mol. The Morgan fingerprint density at radius 3 is 2.73 bits per heavy atom. The number of piperidine rings is 1. The number of carboxylic acid groups (broad SMARTS) is 1. The van der Waals surface area contributed by atoms with Crippen LogP contribution >= 0.6 is 12.2 Å². The van der Waals surface area contributed by atoms with Crippen molar-refractivity contribution in [3.8, 4) is 0 Å². The van der Waals surface area contributed by atoms with Crippen LogP contribution in [0.3, 0.4) is 0 Å². The molecule has 0 aromatic heterocycles. The highest BCUT2D eigenvalue weighted by Gasteiger charge is 2.40. The van der Waals surface area contributed by atoms with Crippen LogP contribution in [0, 0.1) is 0 Å². The van der Waals surface area contributed by atoms with Gasteiger partial charge in [-0.1, -0.05) is 30.3 Å². The number of rotatable bonds is 5. The summed E-state index contributed by atoms with van der Waals surface area (Å²) in [5.74, 6) is -0.321. The zero-order valence-corrected chi connectivity index (χ0v) is 15.0. The number of nitrogens with one attached hydrogen (secondary N) is 1. The molecule has 2 saturated heterocycles. The summed E-state index contributed by atoms with van der Waals surface area (Å²) in [4.78, 5) is 32.2. The smallest absolute Gasteiger partial charge is 0.408 e. The van der Waals surface area contributed by atoms with Crippen LogP contribution in [0.2, 0.25) is 0 Å². The van der Waals surface area contributed by atoms with Crippen LogP contribution in [0.25, 0.3) is 0 Å². The van der Waals surface area contributed by atoms with Gasteiger partial charge in [-0.05, 0) is 30.6 Å². The summed E-state index contributed by atoms with van der Waals surface area (Å²) in [5.41, 5.74) is 3.93. The quantitative estimate of drug-likeness (QED) is 0.590. The summed E-state index contributed by atoms with van der Waals surface area (Å²) in [7, 11) is 0. The molecule has 0 saturated carbocycles. The van der Waals surface area contributed by atoms with Crippen molar-refractivity contribution in [1.82, 2.24) is 15.3 Å². The summed E-state index contributed by atoms with van der Waals surface area (Å²) in [6.07, 6.45) is -0.114. The Morgan fingerprint density at radius 2 is 2.08 bits per heavy atom. The number of benzene rings is 1. The molecule has 2 aliphatic heterocycles. The molecule has 2 atom stereocenters. The lowest BCUT2D eigenvalue weighted by Gasteiger charge is -2.38. The Balaban J connectivity index is 1.55. The van der Waals surface area contributed by atoms with Gasteiger partial charge in [-0.25, -0.2) is 4.79 Å². The molecule has 2 amide bonds. The van der Waals surface area contributed by atoms with E-state index in [1.165, 1.54) is 4.90 Å². The Kier molecular flexibility index (Phi) is 6.02. The second kappa shape index (κ2) is 8.43. The van der Waals surface area contributed by atoms with Crippen molar-refractivity contribution in [2.24, 2.45) is 0 Å². The van der Waals surface area contributed by atoms with Gasteiger partial charge in [0.1, 0.15) is 12.6 Å². The standard InChI is InChI=1S/C17H21N3O5S/c21-15(19-8-9-24-17(19)26)14-7-6-13(10-20(14)16(22)23)18-25-11-12-4-2-1-3-5-12/h1-5,13-14,18H,6-11H2,(H,22,23)/t13-,14+/m1/s1. The number of likely N-dealkylation sites (tertiary alicyclic amines) is 1. The lowest BCUT2D eigenvalue weighted by Crippen LogP contribution is -2.58. The maximum atomic E-state index is 12.6. The van der Waals surface area contributed by atoms with E-state index in [2.05, 4.69) is 5.48 Å². The Morgan fingerprint density at radius 1 is 1.31 bits per heavy atom. The molecule has 140 valence electrons. The first-order valence-electron chi connectivity index (χ1n) is 8.45. The normalized spacial score (nSPS) is 23.0. The zero-order chi connectivity index (χ0) is 18.5. The number of hydrogen-bond donors (Lipinski definition) is 2. The highest BCUT2D eigenvalue weighted by Crippen LogP contribution is 2.21. The van der Waals surface area contributed by atoms with E-state index in [0.717, 1.165) is 10.5 Å². The molecule has 8 nitrogen and oxygen atoms in total. The predicted molar refractivity (Wildman–Crippen MR) is 96.2 cm³/mol. The predicted octanol–water partition coefficient (Wildman–Crippen LogP) is 1.36. The number of carbonyl (C=O) groups is 2. The van der Waals surface area contributed by atoms with Gasteiger partial charge in [0.25, 0.3) is 11.1 Å². The molecular weight excluding hydrogens is 358 g/mol. The fraction of sp³-hybridized carbons (Fsp3) is 0.471. The van der Waals surface area contributed by atoms with Gasteiger partial charge >= 0.3 is 6.09 Å². The summed E-state index contributed by atoms with van der Waals surface area (Å²) in [6, 6.07) is 8.74.